The lowest BCUT2D eigenvalue weighted by atomic mass is 9.83. The lowest BCUT2D eigenvalue weighted by molar-refractivity contribution is -0.119. The molecule has 0 saturated heterocycles. The van der Waals surface area contributed by atoms with E-state index in [9.17, 15) is 9.59 Å². The SMILES string of the molecule is CCC(CC(C)=O)c1cccc(NC(=O)C(c2ccc(C3=CC(CC(C)C)=CI=C3)c(F)c2)C2CCCC2)c1C. The van der Waals surface area contributed by atoms with Gasteiger partial charge in [0.15, 0.2) is 0 Å². The van der Waals surface area contributed by atoms with Crippen LogP contribution in [0.15, 0.2) is 52.1 Å². The van der Waals surface area contributed by atoms with Crippen molar-refractivity contribution in [1.29, 1.82) is 0 Å². The summed E-state index contributed by atoms with van der Waals surface area (Å²) < 4.78 is 20.2. The molecule has 5 heteroatoms. The normalized spacial score (nSPS) is 17.2. The monoisotopic (exact) mass is 655 g/mol. The van der Waals surface area contributed by atoms with Crippen LogP contribution in [0.25, 0.3) is 5.57 Å². The second kappa shape index (κ2) is 14.0. The fourth-order valence-electron chi connectivity index (χ4n) is 6.30. The van der Waals surface area contributed by atoms with Gasteiger partial charge in [-0.05, 0) is 105 Å². The Kier molecular flexibility index (Phi) is 10.7. The molecule has 1 N–H and O–H groups in total. The smallest absolute Gasteiger partial charge is 0.232 e. The van der Waals surface area contributed by atoms with Crippen LogP contribution in [0.2, 0.25) is 0 Å². The molecule has 0 aromatic heterocycles. The third-order valence-electron chi connectivity index (χ3n) is 8.29. The van der Waals surface area contributed by atoms with Crippen LogP contribution in [-0.2, 0) is 9.59 Å². The van der Waals surface area contributed by atoms with Crippen molar-refractivity contribution in [3.8, 4) is 0 Å². The van der Waals surface area contributed by atoms with E-state index in [4.69, 9.17) is 0 Å². The highest BCUT2D eigenvalue weighted by molar-refractivity contribution is 14.2. The van der Waals surface area contributed by atoms with Crippen molar-refractivity contribution in [2.45, 2.75) is 91.4 Å². The summed E-state index contributed by atoms with van der Waals surface area (Å²) in [5, 5.41) is 3.21. The minimum absolute atomic E-state index is 0.0737. The fraction of sp³-hybridized carbons (Fsp3) is 0.457. The van der Waals surface area contributed by atoms with Gasteiger partial charge in [0.05, 0.1) is 5.92 Å². The Labute approximate surface area is 249 Å². The average Bonchev–Trinajstić information content (AvgIpc) is 3.43. The predicted octanol–water partition coefficient (Wildman–Crippen LogP) is 9.62. The van der Waals surface area contributed by atoms with E-state index in [1.54, 1.807) is 13.0 Å². The molecule has 1 aliphatic heterocycles. The van der Waals surface area contributed by atoms with E-state index in [-0.39, 0.29) is 50.1 Å². The quantitative estimate of drug-likeness (QED) is 0.245. The largest absolute Gasteiger partial charge is 0.325 e. The highest BCUT2D eigenvalue weighted by atomic mass is 127. The van der Waals surface area contributed by atoms with Gasteiger partial charge in [0, 0.05) is 17.7 Å². The molecule has 2 aromatic rings. The number of allylic oxidation sites excluding steroid dienone is 3. The molecule has 2 unspecified atom stereocenters. The summed E-state index contributed by atoms with van der Waals surface area (Å²) in [7, 11) is 0. The van der Waals surface area contributed by atoms with Gasteiger partial charge in [-0.25, -0.2) is 4.39 Å². The molecule has 2 atom stereocenters. The highest BCUT2D eigenvalue weighted by Crippen LogP contribution is 2.40. The molecule has 3 nitrogen and oxygen atoms in total. The molecule has 2 aromatic carbocycles. The van der Waals surface area contributed by atoms with Gasteiger partial charge in [0.1, 0.15) is 11.6 Å². The first-order valence-electron chi connectivity index (χ1n) is 14.7. The van der Waals surface area contributed by atoms with Gasteiger partial charge in [-0.2, -0.15) is 0 Å². The third kappa shape index (κ3) is 7.45. The molecule has 1 amide bonds. The molecule has 0 bridgehead atoms. The Morgan fingerprint density at radius 1 is 1.12 bits per heavy atom. The second-order valence-electron chi connectivity index (χ2n) is 11.9. The van der Waals surface area contributed by atoms with Gasteiger partial charge in [-0.3, -0.25) is 4.79 Å². The maximum Gasteiger partial charge on any atom is 0.232 e. The molecule has 2 aliphatic rings. The number of ketones is 1. The van der Waals surface area contributed by atoms with E-state index in [2.05, 4.69) is 46.3 Å². The molecule has 40 heavy (non-hydrogen) atoms. The van der Waals surface area contributed by atoms with E-state index in [0.717, 1.165) is 66.5 Å². The van der Waals surface area contributed by atoms with Crippen LogP contribution < -0.4 is 5.32 Å². The summed E-state index contributed by atoms with van der Waals surface area (Å²) in [5.74, 6) is 0.335. The molecule has 1 heterocycles. The van der Waals surface area contributed by atoms with Crippen LogP contribution >= 0.6 is 20.7 Å². The third-order valence-corrected chi connectivity index (χ3v) is 10.5. The van der Waals surface area contributed by atoms with Crippen molar-refractivity contribution in [3.05, 3.63) is 80.2 Å². The van der Waals surface area contributed by atoms with Crippen LogP contribution in [0, 0.1) is 24.6 Å². The lowest BCUT2D eigenvalue weighted by Crippen LogP contribution is -2.27. The van der Waals surface area contributed by atoms with Gasteiger partial charge in [0.25, 0.3) is 0 Å². The Bertz CT molecular complexity index is 1330. The maximum absolute atomic E-state index is 15.7. The first-order chi connectivity index (χ1) is 19.2. The van der Waals surface area contributed by atoms with Crippen molar-refractivity contribution in [2.24, 2.45) is 11.8 Å². The number of halogens is 2. The van der Waals surface area contributed by atoms with E-state index in [1.807, 2.05) is 31.2 Å². The van der Waals surface area contributed by atoms with Crippen molar-refractivity contribution in [1.82, 2.24) is 0 Å². The van der Waals surface area contributed by atoms with Crippen molar-refractivity contribution < 1.29 is 14.0 Å². The first-order valence-corrected chi connectivity index (χ1v) is 17.2. The minimum Gasteiger partial charge on any atom is -0.325 e. The van der Waals surface area contributed by atoms with E-state index >= 15 is 4.39 Å². The summed E-state index contributed by atoms with van der Waals surface area (Å²) in [5.41, 5.74) is 6.55. The zero-order valence-electron chi connectivity index (χ0n) is 24.5. The number of nitrogens with one attached hydrogen (secondary N) is 1. The summed E-state index contributed by atoms with van der Waals surface area (Å²) in [6, 6.07) is 11.4. The average molecular weight is 656 g/mol. The van der Waals surface area contributed by atoms with Crippen LogP contribution in [0.4, 0.5) is 10.1 Å². The molecular formula is C35H43FINO2. The number of anilines is 1. The second-order valence-corrected chi connectivity index (χ2v) is 13.9. The number of carbonyl (C=O) groups is 2. The predicted molar refractivity (Wildman–Crippen MR) is 175 cm³/mol. The van der Waals surface area contributed by atoms with Crippen molar-refractivity contribution >= 4 is 47.7 Å². The molecular weight excluding hydrogens is 612 g/mol. The highest BCUT2D eigenvalue weighted by Gasteiger charge is 2.33. The first kappa shape index (κ1) is 30.5. The molecule has 4 rings (SSSR count). The number of hydrogen-bond donors (Lipinski definition) is 1. The number of benzene rings is 2. The van der Waals surface area contributed by atoms with Crippen molar-refractivity contribution in [2.75, 3.05) is 5.32 Å². The molecule has 1 saturated carbocycles. The number of hydrogen-bond acceptors (Lipinski definition) is 2. The van der Waals surface area contributed by atoms with Crippen LogP contribution in [0.3, 0.4) is 0 Å². The fourth-order valence-corrected chi connectivity index (χ4v) is 8.28. The Balaban J connectivity index is 1.62. The van der Waals surface area contributed by atoms with E-state index < -0.39 is 5.92 Å². The number of amides is 1. The van der Waals surface area contributed by atoms with Gasteiger partial charge in [-0.15, -0.1) is 0 Å². The van der Waals surface area contributed by atoms with E-state index in [0.29, 0.717) is 17.9 Å². The minimum atomic E-state index is -0.401. The lowest BCUT2D eigenvalue weighted by Gasteiger charge is -2.25. The van der Waals surface area contributed by atoms with Gasteiger partial charge < -0.3 is 10.1 Å². The Hall–Kier alpha value is -2.41. The Morgan fingerprint density at radius 2 is 1.88 bits per heavy atom. The van der Waals surface area contributed by atoms with E-state index in [1.165, 1.54) is 5.57 Å². The standard InChI is InChI=1S/C35H43FINO2/c1-6-26(17-23(4)39)30-12-9-13-33(24(30)5)38-35(40)34(27-10-7-8-11-27)28-14-15-31(32(36)19-28)29-18-25(16-22(2)3)20-37-21-29/h9,12-15,18-22,26-27,34H,6-8,10-11,16-17H2,1-5H3,(H,38,40). The Morgan fingerprint density at radius 3 is 2.52 bits per heavy atom. The van der Waals surface area contributed by atoms with Gasteiger partial charge >= 0.3 is 0 Å². The molecule has 0 radical (unpaired) electrons. The summed E-state index contributed by atoms with van der Waals surface area (Å²) in [4.78, 5) is 25.8. The maximum atomic E-state index is 15.7. The molecule has 0 spiro atoms. The number of carbonyl (C=O) groups excluding carboxylic acids is 2. The zero-order valence-corrected chi connectivity index (χ0v) is 26.7. The summed E-state index contributed by atoms with van der Waals surface area (Å²) in [6.07, 6.45) is 8.65. The van der Waals surface area contributed by atoms with Gasteiger partial charge in [-0.1, -0.05) is 84.7 Å². The van der Waals surface area contributed by atoms with Crippen LogP contribution in [0.1, 0.15) is 107 Å². The molecule has 214 valence electrons. The topological polar surface area (TPSA) is 46.2 Å². The van der Waals surface area contributed by atoms with Gasteiger partial charge in [0.2, 0.25) is 5.91 Å². The van der Waals surface area contributed by atoms with Crippen LogP contribution in [0.5, 0.6) is 0 Å². The summed E-state index contributed by atoms with van der Waals surface area (Å²) >= 11 is -0.227. The zero-order chi connectivity index (χ0) is 28.8. The molecule has 1 aliphatic carbocycles. The van der Waals surface area contributed by atoms with Crippen molar-refractivity contribution in [3.63, 3.8) is 0 Å². The summed E-state index contributed by atoms with van der Waals surface area (Å²) in [6.45, 7) is 10.2. The molecule has 1 fully saturated rings. The van der Waals surface area contributed by atoms with Crippen LogP contribution in [-0.4, -0.2) is 15.7 Å². The number of rotatable bonds is 11. The number of Topliss-reactive ketones (excluding diaryl/α,β-unsaturated/α-hetero) is 1.